The molecule has 130 valence electrons. The number of hydrogen-bond donors (Lipinski definition) is 2. The monoisotopic (exact) mass is 368 g/mol. The van der Waals surface area contributed by atoms with Gasteiger partial charge in [0.25, 0.3) is 0 Å². The number of halogens is 1. The molecule has 8 heteroatoms. The van der Waals surface area contributed by atoms with E-state index in [0.717, 1.165) is 36.2 Å². The average molecular weight is 369 g/mol. The highest BCUT2D eigenvalue weighted by molar-refractivity contribution is 7.16. The van der Waals surface area contributed by atoms with Gasteiger partial charge in [-0.05, 0) is 18.2 Å². The zero-order valence-electron chi connectivity index (χ0n) is 13.4. The lowest BCUT2D eigenvalue weighted by atomic mass is 10.2. The maximum absolute atomic E-state index is 11.6. The molecule has 0 aromatic carbocycles. The van der Waals surface area contributed by atoms with Crippen molar-refractivity contribution in [2.24, 2.45) is 0 Å². The number of hydrogen-bond acceptors (Lipinski definition) is 5. The van der Waals surface area contributed by atoms with Gasteiger partial charge in [0.05, 0.1) is 28.9 Å². The summed E-state index contributed by atoms with van der Waals surface area (Å²) in [6.07, 6.45) is 1.02. The summed E-state index contributed by atoms with van der Waals surface area (Å²) in [5.74, 6) is -0.0498. The molecule has 2 N–H and O–H groups in total. The third-order valence-electron chi connectivity index (χ3n) is 3.98. The maximum atomic E-state index is 11.6. The fraction of sp³-hybridized carbons (Fsp3) is 0.500. The Bertz CT molecular complexity index is 700. The Kier molecular flexibility index (Phi) is 5.89. The molecular formula is C16H21ClN4O2S. The number of carbonyl (C=O) groups excluding carboxylic acids is 1. The van der Waals surface area contributed by atoms with E-state index in [1.807, 2.05) is 10.7 Å². The van der Waals surface area contributed by atoms with Crippen molar-refractivity contribution in [1.82, 2.24) is 20.0 Å². The van der Waals surface area contributed by atoms with Crippen molar-refractivity contribution in [3.05, 3.63) is 38.8 Å². The molecule has 1 aliphatic rings. The van der Waals surface area contributed by atoms with Crippen molar-refractivity contribution in [2.75, 3.05) is 19.7 Å². The highest BCUT2D eigenvalue weighted by Crippen LogP contribution is 2.24. The predicted molar refractivity (Wildman–Crippen MR) is 94.1 cm³/mol. The van der Waals surface area contributed by atoms with Crippen molar-refractivity contribution in [3.8, 4) is 0 Å². The SMILES string of the molecule is O=C(CCc1cc2n(n1)CCN(Cc1ccc(Cl)s1)C2)NCCO. The molecule has 0 bridgehead atoms. The van der Waals surface area contributed by atoms with Crippen LogP contribution in [0.2, 0.25) is 4.34 Å². The Hall–Kier alpha value is -1.41. The van der Waals surface area contributed by atoms with Gasteiger partial charge in [-0.2, -0.15) is 5.10 Å². The van der Waals surface area contributed by atoms with Crippen LogP contribution in [0.3, 0.4) is 0 Å². The second kappa shape index (κ2) is 8.11. The molecule has 0 spiro atoms. The molecular weight excluding hydrogens is 348 g/mol. The topological polar surface area (TPSA) is 70.4 Å². The van der Waals surface area contributed by atoms with Crippen LogP contribution in [0.15, 0.2) is 18.2 Å². The Morgan fingerprint density at radius 2 is 2.29 bits per heavy atom. The lowest BCUT2D eigenvalue weighted by Crippen LogP contribution is -2.33. The zero-order valence-corrected chi connectivity index (χ0v) is 14.9. The van der Waals surface area contributed by atoms with Crippen LogP contribution in [0.1, 0.15) is 22.7 Å². The molecule has 1 aliphatic heterocycles. The molecule has 2 aromatic rings. The van der Waals surface area contributed by atoms with E-state index in [-0.39, 0.29) is 12.5 Å². The van der Waals surface area contributed by atoms with Crippen LogP contribution in [0.25, 0.3) is 0 Å². The number of aromatic nitrogens is 2. The number of carbonyl (C=O) groups is 1. The lowest BCUT2D eigenvalue weighted by Gasteiger charge is -2.26. The van der Waals surface area contributed by atoms with E-state index in [4.69, 9.17) is 16.7 Å². The Morgan fingerprint density at radius 3 is 3.04 bits per heavy atom. The van der Waals surface area contributed by atoms with Crippen molar-refractivity contribution < 1.29 is 9.90 Å². The number of fused-ring (bicyclic) bond motifs is 1. The minimum atomic E-state index is -0.0498. The Labute approximate surface area is 150 Å². The van der Waals surface area contributed by atoms with E-state index in [1.54, 1.807) is 11.3 Å². The van der Waals surface area contributed by atoms with Crippen LogP contribution >= 0.6 is 22.9 Å². The lowest BCUT2D eigenvalue weighted by molar-refractivity contribution is -0.121. The van der Waals surface area contributed by atoms with Crippen molar-refractivity contribution in [1.29, 1.82) is 0 Å². The van der Waals surface area contributed by atoms with E-state index in [2.05, 4.69) is 27.4 Å². The smallest absolute Gasteiger partial charge is 0.220 e. The van der Waals surface area contributed by atoms with Crippen LogP contribution in [-0.2, 0) is 30.8 Å². The van der Waals surface area contributed by atoms with Gasteiger partial charge in [0, 0.05) is 43.9 Å². The molecule has 3 heterocycles. The summed E-state index contributed by atoms with van der Waals surface area (Å²) in [6, 6.07) is 6.11. The quantitative estimate of drug-likeness (QED) is 0.779. The summed E-state index contributed by atoms with van der Waals surface area (Å²) in [5, 5.41) is 16.0. The van der Waals surface area contributed by atoms with Gasteiger partial charge in [-0.1, -0.05) is 11.6 Å². The third kappa shape index (κ3) is 4.57. The molecule has 0 unspecified atom stereocenters. The van der Waals surface area contributed by atoms with Gasteiger partial charge in [-0.3, -0.25) is 14.4 Å². The molecule has 0 fully saturated rings. The van der Waals surface area contributed by atoms with Gasteiger partial charge >= 0.3 is 0 Å². The van der Waals surface area contributed by atoms with E-state index >= 15 is 0 Å². The highest BCUT2D eigenvalue weighted by atomic mass is 35.5. The van der Waals surface area contributed by atoms with Gasteiger partial charge in [0.1, 0.15) is 0 Å². The summed E-state index contributed by atoms with van der Waals surface area (Å²) in [7, 11) is 0. The summed E-state index contributed by atoms with van der Waals surface area (Å²) in [4.78, 5) is 15.3. The molecule has 24 heavy (non-hydrogen) atoms. The first-order valence-corrected chi connectivity index (χ1v) is 9.23. The van der Waals surface area contributed by atoms with Crippen LogP contribution in [0.5, 0.6) is 0 Å². The molecule has 0 saturated heterocycles. The van der Waals surface area contributed by atoms with E-state index in [9.17, 15) is 4.79 Å². The largest absolute Gasteiger partial charge is 0.395 e. The number of thiophene rings is 1. The van der Waals surface area contributed by atoms with Crippen molar-refractivity contribution in [3.63, 3.8) is 0 Å². The minimum absolute atomic E-state index is 0.0319. The first-order valence-electron chi connectivity index (χ1n) is 8.04. The summed E-state index contributed by atoms with van der Waals surface area (Å²) < 4.78 is 2.87. The number of nitrogens with zero attached hydrogens (tertiary/aromatic N) is 3. The normalized spacial score (nSPS) is 14.6. The first-order chi connectivity index (χ1) is 11.6. The van der Waals surface area contributed by atoms with E-state index in [0.29, 0.717) is 19.4 Å². The average Bonchev–Trinajstić information content (AvgIpc) is 3.16. The predicted octanol–water partition coefficient (Wildman–Crippen LogP) is 1.65. The van der Waals surface area contributed by atoms with E-state index < -0.39 is 0 Å². The number of aliphatic hydroxyl groups is 1. The van der Waals surface area contributed by atoms with Crippen LogP contribution in [0, 0.1) is 0 Å². The van der Waals surface area contributed by atoms with Crippen molar-refractivity contribution in [2.45, 2.75) is 32.5 Å². The van der Waals surface area contributed by atoms with Crippen molar-refractivity contribution >= 4 is 28.8 Å². The summed E-state index contributed by atoms with van der Waals surface area (Å²) in [6.45, 7) is 3.86. The second-order valence-electron chi connectivity index (χ2n) is 5.84. The number of aliphatic hydroxyl groups excluding tert-OH is 1. The first kappa shape index (κ1) is 17.4. The Balaban J connectivity index is 1.53. The molecule has 0 saturated carbocycles. The van der Waals surface area contributed by atoms with Gasteiger partial charge in [0.2, 0.25) is 5.91 Å². The maximum Gasteiger partial charge on any atom is 0.220 e. The highest BCUT2D eigenvalue weighted by Gasteiger charge is 2.19. The number of amides is 1. The summed E-state index contributed by atoms with van der Waals surface area (Å²) >= 11 is 7.62. The van der Waals surface area contributed by atoms with Crippen LogP contribution in [0.4, 0.5) is 0 Å². The fourth-order valence-electron chi connectivity index (χ4n) is 2.82. The molecule has 2 aromatic heterocycles. The molecule has 0 radical (unpaired) electrons. The Morgan fingerprint density at radius 1 is 1.42 bits per heavy atom. The molecule has 6 nitrogen and oxygen atoms in total. The van der Waals surface area contributed by atoms with Crippen LogP contribution < -0.4 is 5.32 Å². The van der Waals surface area contributed by atoms with Gasteiger partial charge in [-0.25, -0.2) is 0 Å². The third-order valence-corrected chi connectivity index (χ3v) is 5.19. The molecule has 0 atom stereocenters. The number of nitrogens with one attached hydrogen (secondary N) is 1. The molecule has 3 rings (SSSR count). The zero-order chi connectivity index (χ0) is 16.9. The van der Waals surface area contributed by atoms with Crippen LogP contribution in [-0.4, -0.2) is 45.4 Å². The molecule has 1 amide bonds. The van der Waals surface area contributed by atoms with Gasteiger partial charge in [0.15, 0.2) is 0 Å². The van der Waals surface area contributed by atoms with Gasteiger partial charge < -0.3 is 10.4 Å². The van der Waals surface area contributed by atoms with Gasteiger partial charge in [-0.15, -0.1) is 11.3 Å². The van der Waals surface area contributed by atoms with E-state index in [1.165, 1.54) is 10.6 Å². The number of rotatable bonds is 7. The molecule has 0 aliphatic carbocycles. The second-order valence-corrected chi connectivity index (χ2v) is 7.64. The minimum Gasteiger partial charge on any atom is -0.395 e. The number of aryl methyl sites for hydroxylation is 1. The fourth-order valence-corrected chi connectivity index (χ4v) is 3.95. The standard InChI is InChI=1S/C16H21ClN4O2S/c17-15-3-2-14(24-15)11-20-6-7-21-13(10-20)9-12(19-21)1-4-16(23)18-5-8-22/h2-3,9,22H,1,4-8,10-11H2,(H,18,23). The summed E-state index contributed by atoms with van der Waals surface area (Å²) in [5.41, 5.74) is 2.14.